The average Bonchev–Trinajstić information content (AvgIpc) is 2.69. The summed E-state index contributed by atoms with van der Waals surface area (Å²) in [6.45, 7) is 2.84. The molecule has 0 radical (unpaired) electrons. The van der Waals surface area contributed by atoms with Crippen molar-refractivity contribution < 1.29 is 4.79 Å². The maximum Gasteiger partial charge on any atom is 0.245 e. The molecule has 27 heavy (non-hydrogen) atoms. The van der Waals surface area contributed by atoms with Crippen LogP contribution in [0.4, 0.5) is 0 Å². The Morgan fingerprint density at radius 1 is 0.963 bits per heavy atom. The second-order valence-electron chi connectivity index (χ2n) is 7.02. The number of carbonyl (C=O) groups excluding carboxylic acids is 1. The fraction of sp³-hybridized carbons (Fsp3) is 0.250. The standard InChI is InChI=1S/C24H24N2O/c1-2-3-16-25-24(27)23-21(22(26-23)18-11-5-4-6-12-18)20-15-9-13-17-10-7-8-14-19(17)20/h4-15,21,23H,2-3,16H2,1H3,(H,25,27). The van der Waals surface area contributed by atoms with Crippen LogP contribution in [0.2, 0.25) is 0 Å². The van der Waals surface area contributed by atoms with Crippen LogP contribution in [-0.4, -0.2) is 24.2 Å². The number of benzene rings is 3. The highest BCUT2D eigenvalue weighted by atomic mass is 16.2. The van der Waals surface area contributed by atoms with Crippen LogP contribution in [0.3, 0.4) is 0 Å². The van der Waals surface area contributed by atoms with Crippen molar-refractivity contribution >= 4 is 22.4 Å². The minimum Gasteiger partial charge on any atom is -0.354 e. The Morgan fingerprint density at radius 3 is 2.52 bits per heavy atom. The van der Waals surface area contributed by atoms with Crippen molar-refractivity contribution in [3.05, 3.63) is 83.9 Å². The van der Waals surface area contributed by atoms with Gasteiger partial charge in [-0.2, -0.15) is 0 Å². The summed E-state index contributed by atoms with van der Waals surface area (Å²) in [6.07, 6.45) is 2.06. The Kier molecular flexibility index (Phi) is 5.01. The fourth-order valence-electron chi connectivity index (χ4n) is 3.78. The van der Waals surface area contributed by atoms with Crippen LogP contribution in [0.15, 0.2) is 77.8 Å². The van der Waals surface area contributed by atoms with Crippen LogP contribution >= 0.6 is 0 Å². The lowest BCUT2D eigenvalue weighted by atomic mass is 9.77. The van der Waals surface area contributed by atoms with Crippen LogP contribution < -0.4 is 5.32 Å². The highest BCUT2D eigenvalue weighted by molar-refractivity contribution is 6.15. The Balaban J connectivity index is 1.73. The molecule has 0 fully saturated rings. The van der Waals surface area contributed by atoms with Gasteiger partial charge in [-0.1, -0.05) is 86.1 Å². The van der Waals surface area contributed by atoms with Gasteiger partial charge in [-0.3, -0.25) is 9.79 Å². The van der Waals surface area contributed by atoms with Gasteiger partial charge in [0.2, 0.25) is 5.91 Å². The molecule has 0 aliphatic carbocycles. The van der Waals surface area contributed by atoms with Crippen molar-refractivity contribution in [1.82, 2.24) is 5.32 Å². The first-order valence-corrected chi connectivity index (χ1v) is 9.68. The normalized spacial score (nSPS) is 18.6. The van der Waals surface area contributed by atoms with Gasteiger partial charge < -0.3 is 5.32 Å². The molecule has 1 heterocycles. The smallest absolute Gasteiger partial charge is 0.245 e. The third-order valence-corrected chi connectivity index (χ3v) is 5.21. The van der Waals surface area contributed by atoms with E-state index in [-0.39, 0.29) is 17.9 Å². The zero-order chi connectivity index (χ0) is 18.6. The summed E-state index contributed by atoms with van der Waals surface area (Å²) < 4.78 is 0. The number of aliphatic imine (C=N–C) groups is 1. The molecule has 1 amide bonds. The van der Waals surface area contributed by atoms with Crippen LogP contribution in [-0.2, 0) is 4.79 Å². The van der Waals surface area contributed by atoms with Crippen LogP contribution in [0.25, 0.3) is 10.8 Å². The number of carbonyl (C=O) groups is 1. The van der Waals surface area contributed by atoms with Gasteiger partial charge in [0.1, 0.15) is 6.04 Å². The quantitative estimate of drug-likeness (QED) is 0.639. The Labute approximate surface area is 160 Å². The maximum atomic E-state index is 12.8. The van der Waals surface area contributed by atoms with Gasteiger partial charge in [-0.05, 0) is 28.3 Å². The zero-order valence-corrected chi connectivity index (χ0v) is 15.6. The van der Waals surface area contributed by atoms with E-state index < -0.39 is 0 Å². The molecule has 136 valence electrons. The van der Waals surface area contributed by atoms with E-state index in [2.05, 4.69) is 60.8 Å². The SMILES string of the molecule is CCCCNC(=O)C1N=C(c2ccccc2)C1c1cccc2ccccc12. The molecular formula is C24H24N2O. The zero-order valence-electron chi connectivity index (χ0n) is 15.6. The average molecular weight is 356 g/mol. The van der Waals surface area contributed by atoms with Gasteiger partial charge in [0.25, 0.3) is 0 Å². The Bertz CT molecular complexity index is 973. The molecule has 1 aliphatic heterocycles. The van der Waals surface area contributed by atoms with Crippen LogP contribution in [0, 0.1) is 0 Å². The lowest BCUT2D eigenvalue weighted by molar-refractivity contribution is -0.122. The van der Waals surface area contributed by atoms with Crippen LogP contribution in [0.5, 0.6) is 0 Å². The molecule has 4 rings (SSSR count). The molecule has 3 heteroatoms. The first kappa shape index (κ1) is 17.5. The third-order valence-electron chi connectivity index (χ3n) is 5.21. The summed E-state index contributed by atoms with van der Waals surface area (Å²) in [7, 11) is 0. The number of amides is 1. The van der Waals surface area contributed by atoms with Crippen molar-refractivity contribution in [2.45, 2.75) is 31.7 Å². The second-order valence-corrected chi connectivity index (χ2v) is 7.02. The largest absolute Gasteiger partial charge is 0.354 e. The lowest BCUT2D eigenvalue weighted by Crippen LogP contribution is -2.47. The first-order valence-electron chi connectivity index (χ1n) is 9.68. The lowest BCUT2D eigenvalue weighted by Gasteiger charge is -2.35. The summed E-state index contributed by atoms with van der Waals surface area (Å²) in [4.78, 5) is 17.5. The summed E-state index contributed by atoms with van der Waals surface area (Å²) >= 11 is 0. The minimum atomic E-state index is -0.358. The molecule has 3 aromatic carbocycles. The molecule has 0 saturated heterocycles. The van der Waals surface area contributed by atoms with Crippen LogP contribution in [0.1, 0.15) is 36.8 Å². The molecule has 0 bridgehead atoms. The van der Waals surface area contributed by atoms with E-state index in [0.717, 1.165) is 24.1 Å². The number of nitrogens with one attached hydrogen (secondary N) is 1. The van der Waals surface area contributed by atoms with Crippen molar-refractivity contribution in [2.75, 3.05) is 6.54 Å². The highest BCUT2D eigenvalue weighted by Gasteiger charge is 2.41. The van der Waals surface area contributed by atoms with E-state index >= 15 is 0 Å². The summed E-state index contributed by atoms with van der Waals surface area (Å²) in [5.41, 5.74) is 3.27. The Hall–Kier alpha value is -2.94. The van der Waals surface area contributed by atoms with E-state index in [0.29, 0.717) is 6.54 Å². The monoisotopic (exact) mass is 356 g/mol. The molecule has 1 aliphatic rings. The van der Waals surface area contributed by atoms with Crippen molar-refractivity contribution in [1.29, 1.82) is 0 Å². The van der Waals surface area contributed by atoms with E-state index in [4.69, 9.17) is 4.99 Å². The van der Waals surface area contributed by atoms with E-state index in [1.807, 2.05) is 24.3 Å². The topological polar surface area (TPSA) is 41.5 Å². The molecule has 0 spiro atoms. The number of hydrogen-bond donors (Lipinski definition) is 1. The summed E-state index contributed by atoms with van der Waals surface area (Å²) in [5, 5.41) is 5.45. The Morgan fingerprint density at radius 2 is 1.70 bits per heavy atom. The molecule has 2 atom stereocenters. The number of unbranched alkanes of at least 4 members (excludes halogenated alkanes) is 1. The minimum absolute atomic E-state index is 0.0138. The van der Waals surface area contributed by atoms with Gasteiger partial charge in [0.05, 0.1) is 11.6 Å². The number of hydrogen-bond acceptors (Lipinski definition) is 2. The second kappa shape index (κ2) is 7.75. The fourth-order valence-corrected chi connectivity index (χ4v) is 3.78. The van der Waals surface area contributed by atoms with Crippen molar-refractivity contribution in [3.63, 3.8) is 0 Å². The van der Waals surface area contributed by atoms with E-state index in [9.17, 15) is 4.79 Å². The number of nitrogens with zero attached hydrogens (tertiary/aromatic N) is 1. The van der Waals surface area contributed by atoms with Crippen molar-refractivity contribution in [3.8, 4) is 0 Å². The maximum absolute atomic E-state index is 12.8. The predicted molar refractivity (Wildman–Crippen MR) is 111 cm³/mol. The molecule has 0 saturated carbocycles. The summed E-state index contributed by atoms with van der Waals surface area (Å²) in [5.74, 6) is 0.0150. The van der Waals surface area contributed by atoms with Gasteiger partial charge >= 0.3 is 0 Å². The van der Waals surface area contributed by atoms with Crippen molar-refractivity contribution in [2.24, 2.45) is 4.99 Å². The summed E-state index contributed by atoms with van der Waals surface area (Å²) in [6, 6.07) is 24.5. The molecule has 2 unspecified atom stereocenters. The third kappa shape index (κ3) is 3.37. The highest BCUT2D eigenvalue weighted by Crippen LogP contribution is 2.38. The van der Waals surface area contributed by atoms with Gasteiger partial charge in [0.15, 0.2) is 0 Å². The van der Waals surface area contributed by atoms with E-state index in [1.165, 1.54) is 16.3 Å². The molecule has 1 N–H and O–H groups in total. The van der Waals surface area contributed by atoms with Gasteiger partial charge in [-0.25, -0.2) is 0 Å². The van der Waals surface area contributed by atoms with E-state index in [1.54, 1.807) is 0 Å². The molecular weight excluding hydrogens is 332 g/mol. The predicted octanol–water partition coefficient (Wildman–Crippen LogP) is 4.71. The molecule has 0 aromatic heterocycles. The number of fused-ring (bicyclic) bond motifs is 1. The molecule has 3 aromatic rings. The van der Waals surface area contributed by atoms with Gasteiger partial charge in [-0.15, -0.1) is 0 Å². The first-order chi connectivity index (χ1) is 13.3. The molecule has 3 nitrogen and oxygen atoms in total. The van der Waals surface area contributed by atoms with Gasteiger partial charge in [0, 0.05) is 6.54 Å². The number of rotatable bonds is 6.